The summed E-state index contributed by atoms with van der Waals surface area (Å²) < 4.78 is 16.7. The van der Waals surface area contributed by atoms with Crippen LogP contribution in [-0.2, 0) is 20.9 Å². The number of hydrogen-bond acceptors (Lipinski definition) is 6. The molecule has 0 amide bonds. The van der Waals surface area contributed by atoms with Crippen molar-refractivity contribution < 1.29 is 9.47 Å². The lowest BCUT2D eigenvalue weighted by Gasteiger charge is -2.31. The van der Waals surface area contributed by atoms with Crippen LogP contribution in [-0.4, -0.2) is 43.2 Å². The monoisotopic (exact) mass is 608 g/mol. The van der Waals surface area contributed by atoms with E-state index in [0.29, 0.717) is 26.1 Å². The zero-order valence-electron chi connectivity index (χ0n) is 26.1. The van der Waals surface area contributed by atoms with E-state index in [0.717, 1.165) is 46.0 Å². The molecule has 0 saturated heterocycles. The van der Waals surface area contributed by atoms with Gasteiger partial charge in [0.25, 0.3) is 0 Å². The van der Waals surface area contributed by atoms with Gasteiger partial charge in [-0.1, -0.05) is 82.9 Å². The minimum absolute atomic E-state index is 0.452. The molecular formula is C38H36N6O2. The van der Waals surface area contributed by atoms with E-state index >= 15 is 0 Å². The number of unbranched alkanes of at least 4 members (excludes halogenated alkanes) is 1. The summed E-state index contributed by atoms with van der Waals surface area (Å²) in [7, 11) is 0. The minimum atomic E-state index is -1.04. The molecule has 0 fully saturated rings. The quantitative estimate of drug-likeness (QED) is 0.117. The van der Waals surface area contributed by atoms with E-state index in [1.807, 2.05) is 132 Å². The summed E-state index contributed by atoms with van der Waals surface area (Å²) in [6.07, 6.45) is 2.62. The van der Waals surface area contributed by atoms with Gasteiger partial charge >= 0.3 is 0 Å². The maximum atomic E-state index is 6.52. The molecule has 0 aliphatic rings. The highest BCUT2D eigenvalue weighted by Crippen LogP contribution is 2.32. The largest absolute Gasteiger partial charge is 0.344 e. The normalized spacial score (nSPS) is 13.7. The first kappa shape index (κ1) is 30.7. The molecule has 6 rings (SSSR count). The number of aromatic nitrogens is 6. The number of rotatable bonds is 11. The Labute approximate surface area is 269 Å². The van der Waals surface area contributed by atoms with Gasteiger partial charge in [0.1, 0.15) is 11.0 Å². The molecule has 2 heterocycles. The predicted molar refractivity (Wildman–Crippen MR) is 179 cm³/mol. The molecule has 0 aliphatic heterocycles. The van der Waals surface area contributed by atoms with Gasteiger partial charge in [-0.25, -0.2) is 9.36 Å². The van der Waals surface area contributed by atoms with Gasteiger partial charge in [-0.2, -0.15) is 0 Å². The Bertz CT molecular complexity index is 1870. The highest BCUT2D eigenvalue weighted by atomic mass is 16.5. The summed E-state index contributed by atoms with van der Waals surface area (Å²) in [4.78, 5) is 0. The maximum Gasteiger partial charge on any atom is 0.226 e. The fourth-order valence-electron chi connectivity index (χ4n) is 5.64. The van der Waals surface area contributed by atoms with Gasteiger partial charge in [-0.15, -0.1) is 10.2 Å². The van der Waals surface area contributed by atoms with Crippen LogP contribution in [0.2, 0.25) is 0 Å². The van der Waals surface area contributed by atoms with Crippen LogP contribution in [0, 0.1) is 23.7 Å². The fourth-order valence-corrected chi connectivity index (χ4v) is 5.64. The minimum Gasteiger partial charge on any atom is -0.344 e. The molecule has 0 spiro atoms. The fraction of sp³-hybridized carbons (Fsp3) is 0.263. The van der Waals surface area contributed by atoms with E-state index in [1.165, 1.54) is 0 Å². The SMILES string of the molecule is CCOC(C#Cc1ccccc1)(CCCCC(C#Cc1ccccc1)(OCC)n1nnc2ccccc21)n1nnc2ccccc21. The summed E-state index contributed by atoms with van der Waals surface area (Å²) in [6, 6.07) is 35.6. The van der Waals surface area contributed by atoms with Crippen LogP contribution >= 0.6 is 0 Å². The molecule has 2 aromatic heterocycles. The van der Waals surface area contributed by atoms with Crippen molar-refractivity contribution in [1.29, 1.82) is 0 Å². The molecule has 8 nitrogen and oxygen atoms in total. The van der Waals surface area contributed by atoms with E-state index in [9.17, 15) is 0 Å². The standard InChI is InChI=1S/C38H36N6O2/c1-3-45-37(29-25-31-17-7-5-8-18-31,43-35-23-13-11-21-33(35)39-41-43)27-15-16-28-38(46-4-2,30-26-32-19-9-6-10-20-32)44-36-24-14-12-22-34(36)40-42-44/h5-14,17-24H,3-4,15-16,27-28H2,1-2H3. The number of para-hydroxylation sites is 2. The molecule has 2 unspecified atom stereocenters. The van der Waals surface area contributed by atoms with Crippen molar-refractivity contribution in [2.24, 2.45) is 0 Å². The molecule has 2 atom stereocenters. The van der Waals surface area contributed by atoms with Gasteiger partial charge in [0, 0.05) is 37.2 Å². The van der Waals surface area contributed by atoms with E-state index in [2.05, 4.69) is 44.3 Å². The maximum absolute atomic E-state index is 6.52. The van der Waals surface area contributed by atoms with Crippen molar-refractivity contribution >= 4 is 22.1 Å². The molecule has 0 N–H and O–H groups in total. The Kier molecular flexibility index (Phi) is 9.50. The highest BCUT2D eigenvalue weighted by Gasteiger charge is 2.36. The van der Waals surface area contributed by atoms with Gasteiger partial charge in [0.05, 0.1) is 11.0 Å². The number of hydrogen-bond donors (Lipinski definition) is 0. The van der Waals surface area contributed by atoms with Gasteiger partial charge in [-0.05, 0) is 87.1 Å². The predicted octanol–water partition coefficient (Wildman–Crippen LogP) is 6.92. The van der Waals surface area contributed by atoms with Crippen LogP contribution in [0.3, 0.4) is 0 Å². The van der Waals surface area contributed by atoms with Crippen molar-refractivity contribution in [3.8, 4) is 23.7 Å². The lowest BCUT2D eigenvalue weighted by molar-refractivity contribution is -0.0780. The molecule has 0 radical (unpaired) electrons. The summed E-state index contributed by atoms with van der Waals surface area (Å²) >= 11 is 0. The van der Waals surface area contributed by atoms with Crippen molar-refractivity contribution in [1.82, 2.24) is 30.0 Å². The first-order valence-electron chi connectivity index (χ1n) is 15.7. The Hall–Kier alpha value is -5.28. The average molecular weight is 609 g/mol. The molecule has 230 valence electrons. The first-order chi connectivity index (χ1) is 22.7. The van der Waals surface area contributed by atoms with Crippen molar-refractivity contribution in [3.63, 3.8) is 0 Å². The van der Waals surface area contributed by atoms with Gasteiger partial charge in [0.15, 0.2) is 0 Å². The Balaban J connectivity index is 1.35. The van der Waals surface area contributed by atoms with Crippen LogP contribution in [0.4, 0.5) is 0 Å². The first-order valence-corrected chi connectivity index (χ1v) is 15.7. The van der Waals surface area contributed by atoms with Crippen LogP contribution in [0.15, 0.2) is 109 Å². The number of benzene rings is 4. The third-order valence-corrected chi connectivity index (χ3v) is 7.79. The highest BCUT2D eigenvalue weighted by molar-refractivity contribution is 5.75. The third-order valence-electron chi connectivity index (χ3n) is 7.79. The van der Waals surface area contributed by atoms with Gasteiger partial charge < -0.3 is 9.47 Å². The third kappa shape index (κ3) is 6.55. The Morgan fingerprint density at radius 3 is 1.35 bits per heavy atom. The summed E-state index contributed by atoms with van der Waals surface area (Å²) in [6.45, 7) is 4.86. The molecular weight excluding hydrogens is 572 g/mol. The summed E-state index contributed by atoms with van der Waals surface area (Å²) in [5, 5.41) is 18.0. The Morgan fingerprint density at radius 2 is 0.935 bits per heavy atom. The van der Waals surface area contributed by atoms with Crippen LogP contribution < -0.4 is 0 Å². The molecule has 0 bridgehead atoms. The zero-order chi connectivity index (χ0) is 31.7. The smallest absolute Gasteiger partial charge is 0.226 e. The second kappa shape index (κ2) is 14.2. The molecule has 46 heavy (non-hydrogen) atoms. The summed E-state index contributed by atoms with van der Waals surface area (Å²) in [5.74, 6) is 13.6. The lowest BCUT2D eigenvalue weighted by Crippen LogP contribution is -2.38. The van der Waals surface area contributed by atoms with E-state index in [-0.39, 0.29) is 0 Å². The average Bonchev–Trinajstić information content (AvgIpc) is 3.75. The molecule has 0 aliphatic carbocycles. The molecule has 4 aromatic carbocycles. The lowest BCUT2D eigenvalue weighted by atomic mass is 9.99. The van der Waals surface area contributed by atoms with Crippen LogP contribution in [0.25, 0.3) is 22.1 Å². The molecule has 0 saturated carbocycles. The van der Waals surface area contributed by atoms with E-state index in [4.69, 9.17) is 9.47 Å². The van der Waals surface area contributed by atoms with Crippen molar-refractivity contribution in [2.75, 3.05) is 13.2 Å². The summed E-state index contributed by atoms with van der Waals surface area (Å²) in [5.41, 5.74) is 3.04. The Morgan fingerprint density at radius 1 is 0.543 bits per heavy atom. The van der Waals surface area contributed by atoms with Crippen LogP contribution in [0.5, 0.6) is 0 Å². The van der Waals surface area contributed by atoms with Crippen LogP contribution in [0.1, 0.15) is 50.7 Å². The van der Waals surface area contributed by atoms with E-state index in [1.54, 1.807) is 0 Å². The van der Waals surface area contributed by atoms with Gasteiger partial charge in [-0.3, -0.25) is 0 Å². The molecule has 8 heteroatoms. The molecule has 6 aromatic rings. The number of nitrogens with zero attached hydrogens (tertiary/aromatic N) is 6. The topological polar surface area (TPSA) is 79.9 Å². The zero-order valence-corrected chi connectivity index (χ0v) is 26.1. The van der Waals surface area contributed by atoms with Crippen molar-refractivity contribution in [3.05, 3.63) is 120 Å². The van der Waals surface area contributed by atoms with Gasteiger partial charge in [0.2, 0.25) is 11.4 Å². The van der Waals surface area contributed by atoms with Crippen molar-refractivity contribution in [2.45, 2.75) is 51.0 Å². The number of ether oxygens (including phenoxy) is 2. The second-order valence-electron chi connectivity index (χ2n) is 10.9. The number of fused-ring (bicyclic) bond motifs is 2. The van der Waals surface area contributed by atoms with E-state index < -0.39 is 11.4 Å². The second-order valence-corrected chi connectivity index (χ2v) is 10.9.